The Morgan fingerprint density at radius 3 is 2.69 bits per heavy atom. The molecule has 9 nitrogen and oxygen atoms in total. The monoisotopic (exact) mass is 437 g/mol. The van der Waals surface area contributed by atoms with Crippen LogP contribution in [0, 0.1) is 0 Å². The van der Waals surface area contributed by atoms with Crippen molar-refractivity contribution in [3.8, 4) is 0 Å². The van der Waals surface area contributed by atoms with E-state index < -0.39 is 17.0 Å². The molecule has 3 aromatic rings. The Morgan fingerprint density at radius 1 is 1.28 bits per heavy atom. The molecule has 0 bridgehead atoms. The number of ether oxygens (including phenoxy) is 1. The molecule has 0 saturated carbocycles. The highest BCUT2D eigenvalue weighted by Gasteiger charge is 2.21. The van der Waals surface area contributed by atoms with Gasteiger partial charge < -0.3 is 15.0 Å². The highest BCUT2D eigenvalue weighted by atomic mass is 35.5. The van der Waals surface area contributed by atoms with Gasteiger partial charge in [0.2, 0.25) is 0 Å². The molecule has 0 spiro atoms. The zero-order valence-corrected chi connectivity index (χ0v) is 17.7. The molecule has 0 fully saturated rings. The first-order valence-electron chi connectivity index (χ1n) is 8.62. The largest absolute Gasteiger partial charge is 0.384 e. The average molecular weight is 438 g/mol. The highest BCUT2D eigenvalue weighted by Crippen LogP contribution is 2.27. The number of benzene rings is 1. The fraction of sp³-hybridized carbons (Fsp3) is 0.333. The topological polar surface area (TPSA) is 114 Å². The maximum Gasteiger partial charge on any atom is 0.332 e. The van der Waals surface area contributed by atoms with Gasteiger partial charge in [-0.25, -0.2) is 9.78 Å². The summed E-state index contributed by atoms with van der Waals surface area (Å²) in [5.74, 6) is -0.697. The molecule has 0 aliphatic rings. The number of nitrogens with zero attached hydrogens (tertiary/aromatic N) is 4. The Hall–Kier alpha value is -2.56. The van der Waals surface area contributed by atoms with Gasteiger partial charge in [-0.1, -0.05) is 23.4 Å². The number of hydrogen-bond donors (Lipinski definition) is 1. The fourth-order valence-corrected chi connectivity index (χ4v) is 3.99. The van der Waals surface area contributed by atoms with Gasteiger partial charge in [0.1, 0.15) is 11.4 Å². The van der Waals surface area contributed by atoms with Gasteiger partial charge in [0, 0.05) is 32.8 Å². The number of carbonyl (C=O) groups excluding carboxylic acids is 1. The third-order valence-corrected chi connectivity index (χ3v) is 5.73. The molecule has 11 heteroatoms. The molecule has 0 amide bonds. The fourth-order valence-electron chi connectivity index (χ4n) is 2.91. The van der Waals surface area contributed by atoms with Crippen LogP contribution in [0.1, 0.15) is 10.4 Å². The number of ketones is 1. The van der Waals surface area contributed by atoms with Crippen LogP contribution >= 0.6 is 23.4 Å². The molecule has 154 valence electrons. The van der Waals surface area contributed by atoms with Gasteiger partial charge in [-0.15, -0.1) is 0 Å². The number of thioether (sulfide) groups is 1. The number of hydrogen-bond acceptors (Lipinski definition) is 7. The van der Waals surface area contributed by atoms with E-state index in [2.05, 4.69) is 4.98 Å². The van der Waals surface area contributed by atoms with Gasteiger partial charge in [0.25, 0.3) is 5.56 Å². The number of imidazole rings is 1. The summed E-state index contributed by atoms with van der Waals surface area (Å²) in [6.45, 7) is 0.999. The predicted octanol–water partition coefficient (Wildman–Crippen LogP) is 1.29. The summed E-state index contributed by atoms with van der Waals surface area (Å²) < 4.78 is 9.03. The SMILES string of the molecule is COCCn1c(SCC(=O)c2c(N)n(C)c(=O)n(C)c2=O)nc2cc(Cl)ccc21. The Bertz CT molecular complexity index is 1210. The van der Waals surface area contributed by atoms with Gasteiger partial charge in [0.05, 0.1) is 23.4 Å². The number of anilines is 1. The van der Waals surface area contributed by atoms with Crippen LogP contribution in [-0.4, -0.2) is 43.9 Å². The molecule has 0 saturated heterocycles. The van der Waals surface area contributed by atoms with Crippen molar-refractivity contribution < 1.29 is 9.53 Å². The maximum absolute atomic E-state index is 12.8. The first-order valence-corrected chi connectivity index (χ1v) is 9.98. The van der Waals surface area contributed by atoms with Gasteiger partial charge >= 0.3 is 5.69 Å². The van der Waals surface area contributed by atoms with Gasteiger partial charge in [0.15, 0.2) is 10.9 Å². The standard InChI is InChI=1S/C18H20ClN5O4S/c1-22-15(20)14(16(26)23(2)18(22)27)13(25)9-29-17-21-11-8-10(19)4-5-12(11)24(17)6-7-28-3/h4-5,8H,6-7,9,20H2,1-3H3. The van der Waals surface area contributed by atoms with Crippen LogP contribution in [0.25, 0.3) is 11.0 Å². The summed E-state index contributed by atoms with van der Waals surface area (Å²) in [7, 11) is 4.32. The van der Waals surface area contributed by atoms with E-state index in [-0.39, 0.29) is 17.1 Å². The normalized spacial score (nSPS) is 11.3. The number of nitrogens with two attached hydrogens (primary N) is 1. The van der Waals surface area contributed by atoms with Crippen molar-refractivity contribution in [2.24, 2.45) is 14.1 Å². The second kappa shape index (κ2) is 8.44. The summed E-state index contributed by atoms with van der Waals surface area (Å²) in [5, 5.41) is 1.15. The predicted molar refractivity (Wildman–Crippen MR) is 113 cm³/mol. The van der Waals surface area contributed by atoms with E-state index in [0.29, 0.717) is 28.8 Å². The van der Waals surface area contributed by atoms with Crippen LogP contribution in [0.3, 0.4) is 0 Å². The smallest absolute Gasteiger partial charge is 0.332 e. The first kappa shape index (κ1) is 21.2. The first-order chi connectivity index (χ1) is 13.8. The average Bonchev–Trinajstić information content (AvgIpc) is 3.04. The van der Waals surface area contributed by atoms with Crippen LogP contribution in [-0.2, 0) is 25.4 Å². The molecule has 0 radical (unpaired) electrons. The lowest BCUT2D eigenvalue weighted by Crippen LogP contribution is -2.41. The Balaban J connectivity index is 1.94. The van der Waals surface area contributed by atoms with Gasteiger partial charge in [-0.3, -0.25) is 18.7 Å². The summed E-state index contributed by atoms with van der Waals surface area (Å²) in [4.78, 5) is 41.6. The molecule has 2 N–H and O–H groups in total. The second-order valence-electron chi connectivity index (χ2n) is 6.35. The summed E-state index contributed by atoms with van der Waals surface area (Å²) >= 11 is 7.23. The van der Waals surface area contributed by atoms with E-state index in [0.717, 1.165) is 14.7 Å². The van der Waals surface area contributed by atoms with E-state index in [9.17, 15) is 14.4 Å². The number of aromatic nitrogens is 4. The van der Waals surface area contributed by atoms with Crippen molar-refractivity contribution in [1.82, 2.24) is 18.7 Å². The number of Topliss-reactive ketones (excluding diaryl/α,β-unsaturated/α-hetero) is 1. The molecule has 3 rings (SSSR count). The number of halogens is 1. The van der Waals surface area contributed by atoms with E-state index in [4.69, 9.17) is 22.1 Å². The number of fused-ring (bicyclic) bond motifs is 1. The van der Waals surface area contributed by atoms with Crippen LogP contribution in [0.15, 0.2) is 32.9 Å². The summed E-state index contributed by atoms with van der Waals surface area (Å²) in [6, 6.07) is 5.36. The molecule has 29 heavy (non-hydrogen) atoms. The molecule has 0 aliphatic heterocycles. The van der Waals surface area contributed by atoms with E-state index in [1.54, 1.807) is 19.2 Å². The molecule has 2 heterocycles. The maximum atomic E-state index is 12.8. The number of rotatable bonds is 7. The molecule has 0 aliphatic carbocycles. The Labute approximate surface area is 175 Å². The van der Waals surface area contributed by atoms with Crippen LogP contribution < -0.4 is 17.0 Å². The van der Waals surface area contributed by atoms with Crippen molar-refractivity contribution >= 4 is 46.0 Å². The second-order valence-corrected chi connectivity index (χ2v) is 7.73. The third-order valence-electron chi connectivity index (χ3n) is 4.52. The van der Waals surface area contributed by atoms with Crippen LogP contribution in [0.4, 0.5) is 5.82 Å². The number of methoxy groups -OCH3 is 1. The lowest BCUT2D eigenvalue weighted by atomic mass is 10.2. The van der Waals surface area contributed by atoms with E-state index in [1.807, 2.05) is 10.6 Å². The molecule has 1 aromatic carbocycles. The molecular weight excluding hydrogens is 418 g/mol. The quantitative estimate of drug-likeness (QED) is 0.437. The lowest BCUT2D eigenvalue weighted by molar-refractivity contribution is 0.102. The van der Waals surface area contributed by atoms with Gasteiger partial charge in [-0.05, 0) is 18.2 Å². The van der Waals surface area contributed by atoms with Crippen molar-refractivity contribution in [2.45, 2.75) is 11.7 Å². The van der Waals surface area contributed by atoms with Crippen LogP contribution in [0.2, 0.25) is 5.02 Å². The zero-order valence-electron chi connectivity index (χ0n) is 16.1. The summed E-state index contributed by atoms with van der Waals surface area (Å²) in [5.41, 5.74) is 5.92. The highest BCUT2D eigenvalue weighted by molar-refractivity contribution is 7.99. The molecular formula is C18H20ClN5O4S. The minimum Gasteiger partial charge on any atom is -0.384 e. The van der Waals surface area contributed by atoms with Crippen molar-refractivity contribution in [2.75, 3.05) is 25.2 Å². The molecule has 0 unspecified atom stereocenters. The van der Waals surface area contributed by atoms with Crippen molar-refractivity contribution in [3.63, 3.8) is 0 Å². The number of nitrogen functional groups attached to an aromatic ring is 1. The van der Waals surface area contributed by atoms with Crippen LogP contribution in [0.5, 0.6) is 0 Å². The zero-order chi connectivity index (χ0) is 21.3. The molecule has 2 aromatic heterocycles. The van der Waals surface area contributed by atoms with Gasteiger partial charge in [-0.2, -0.15) is 0 Å². The van der Waals surface area contributed by atoms with Crippen molar-refractivity contribution in [3.05, 3.63) is 49.6 Å². The summed E-state index contributed by atoms with van der Waals surface area (Å²) in [6.07, 6.45) is 0. The van der Waals surface area contributed by atoms with E-state index in [1.165, 1.54) is 25.9 Å². The minimum atomic E-state index is -0.712. The minimum absolute atomic E-state index is 0.0678. The lowest BCUT2D eigenvalue weighted by Gasteiger charge is -2.11. The van der Waals surface area contributed by atoms with E-state index >= 15 is 0 Å². The number of carbonyl (C=O) groups is 1. The third kappa shape index (κ3) is 3.96. The Kier molecular flexibility index (Phi) is 6.15. The Morgan fingerprint density at radius 2 is 2.00 bits per heavy atom. The molecule has 0 atom stereocenters. The van der Waals surface area contributed by atoms with Crippen molar-refractivity contribution in [1.29, 1.82) is 0 Å².